The van der Waals surface area contributed by atoms with E-state index in [0.717, 1.165) is 35.5 Å². The Labute approximate surface area is 324 Å². The third-order valence-electron chi connectivity index (χ3n) is 18.2. The summed E-state index contributed by atoms with van der Waals surface area (Å²) in [6.07, 6.45) is 12.9. The lowest BCUT2D eigenvalue weighted by Gasteiger charge is -2.91. The standard InChI is InChI=1S/C52H60N2/c1-46(2,3)36-18-38(24-43(22-36)53-49-27-32-17-45-33(29-49)28-48(45,49)26-32)51(34-13-9-7-10-14-34,35-15-11-8-12-16-35)39-19-37(47(4,5)6)23-44(25-39)54-50-30-41-20-40-21-42(31-50)52(40,41)50/h7-16,18-19,22-25,32-33,40-42,45,53-54H,17,20-21,26-31H2,1-6H3. The molecule has 9 aliphatic carbocycles. The highest BCUT2D eigenvalue weighted by atomic mass is 15.1. The normalized spacial score (nSPS) is 38.6. The predicted molar refractivity (Wildman–Crippen MR) is 222 cm³/mol. The van der Waals surface area contributed by atoms with Crippen molar-refractivity contribution in [1.82, 2.24) is 0 Å². The van der Waals surface area contributed by atoms with E-state index in [1.807, 2.05) is 0 Å². The monoisotopic (exact) mass is 712 g/mol. The SMILES string of the molecule is CC(C)(C)c1cc(NC23CC4CC5C(C2)CC53C4)cc(C(c2ccccc2)(c2ccccc2)c2cc(NC34CC5CC6CC(C3)C654)cc(C(C)(C)C)c2)c1. The fourth-order valence-electron chi connectivity index (χ4n) is 16.2. The Hall–Kier alpha value is -3.52. The predicted octanol–water partition coefficient (Wildman–Crippen LogP) is 12.3. The number of benzene rings is 4. The average Bonchev–Trinajstić information content (AvgIpc) is 3.73. The van der Waals surface area contributed by atoms with Crippen LogP contribution in [0.5, 0.6) is 0 Å². The summed E-state index contributed by atoms with van der Waals surface area (Å²) in [5, 5.41) is 8.83. The van der Waals surface area contributed by atoms with Crippen molar-refractivity contribution in [3.8, 4) is 0 Å². The molecule has 2 heteroatoms. The van der Waals surface area contributed by atoms with Crippen LogP contribution in [-0.4, -0.2) is 11.1 Å². The zero-order valence-corrected chi connectivity index (χ0v) is 33.6. The summed E-state index contributed by atoms with van der Waals surface area (Å²) >= 11 is 0. The Morgan fingerprint density at radius 2 is 1.00 bits per heavy atom. The van der Waals surface area contributed by atoms with Crippen molar-refractivity contribution in [2.24, 2.45) is 46.3 Å². The number of nitrogens with one attached hydrogen (secondary N) is 2. The fourth-order valence-corrected chi connectivity index (χ4v) is 16.2. The zero-order valence-electron chi connectivity index (χ0n) is 33.6. The number of hydrogen-bond donors (Lipinski definition) is 2. The Balaban J connectivity index is 1.08. The second kappa shape index (κ2) is 10.1. The van der Waals surface area contributed by atoms with Crippen molar-refractivity contribution >= 4 is 11.4 Å². The van der Waals surface area contributed by atoms with Gasteiger partial charge in [-0.2, -0.15) is 0 Å². The first kappa shape index (κ1) is 32.7. The third kappa shape index (κ3) is 3.76. The van der Waals surface area contributed by atoms with E-state index >= 15 is 0 Å². The smallest absolute Gasteiger partial charge is 0.0703 e. The minimum atomic E-state index is -0.515. The van der Waals surface area contributed by atoms with Crippen molar-refractivity contribution in [2.45, 2.75) is 127 Å². The molecular weight excluding hydrogens is 653 g/mol. The van der Waals surface area contributed by atoms with E-state index in [2.05, 4.69) is 149 Å². The summed E-state index contributed by atoms with van der Waals surface area (Å²) in [4.78, 5) is 0. The molecule has 3 bridgehead atoms. The molecule has 2 N–H and O–H groups in total. The van der Waals surface area contributed by atoms with Gasteiger partial charge in [0.25, 0.3) is 0 Å². The summed E-state index contributed by atoms with van der Waals surface area (Å²) in [7, 11) is 0. The molecular formula is C52H60N2. The van der Waals surface area contributed by atoms with Crippen LogP contribution in [0.25, 0.3) is 0 Å². The Bertz CT molecular complexity index is 2130. The first-order valence-corrected chi connectivity index (χ1v) is 21.8. The molecule has 0 aromatic heterocycles. The maximum Gasteiger partial charge on any atom is 0.0703 e. The molecule has 7 unspecified atom stereocenters. The Morgan fingerprint density at radius 1 is 0.481 bits per heavy atom. The van der Waals surface area contributed by atoms with E-state index in [1.54, 1.807) is 0 Å². The van der Waals surface area contributed by atoms with Gasteiger partial charge in [-0.3, -0.25) is 0 Å². The Morgan fingerprint density at radius 3 is 1.50 bits per heavy atom. The maximum absolute atomic E-state index is 4.46. The van der Waals surface area contributed by atoms with Crippen molar-refractivity contribution < 1.29 is 0 Å². The highest BCUT2D eigenvalue weighted by Gasteiger charge is 2.88. The number of fused-ring (bicyclic) bond motifs is 1. The van der Waals surface area contributed by atoms with E-state index in [4.69, 9.17) is 0 Å². The van der Waals surface area contributed by atoms with Gasteiger partial charge in [0.1, 0.15) is 0 Å². The van der Waals surface area contributed by atoms with Crippen LogP contribution in [0, 0.1) is 46.3 Å². The van der Waals surface area contributed by atoms with Crippen LogP contribution in [-0.2, 0) is 16.2 Å². The van der Waals surface area contributed by atoms with Crippen molar-refractivity contribution in [3.63, 3.8) is 0 Å². The molecule has 4 aromatic rings. The molecule has 278 valence electrons. The van der Waals surface area contributed by atoms with Crippen molar-refractivity contribution in [2.75, 3.05) is 10.6 Å². The van der Waals surface area contributed by atoms with Crippen LogP contribution in [0.2, 0.25) is 0 Å². The van der Waals surface area contributed by atoms with Gasteiger partial charge < -0.3 is 10.6 Å². The molecule has 2 spiro atoms. The van der Waals surface area contributed by atoms with Gasteiger partial charge in [0.2, 0.25) is 0 Å². The molecule has 9 aliphatic rings. The number of anilines is 2. The van der Waals surface area contributed by atoms with E-state index in [9.17, 15) is 0 Å². The lowest BCUT2D eigenvalue weighted by atomic mass is 9.15. The van der Waals surface area contributed by atoms with Crippen LogP contribution < -0.4 is 10.6 Å². The van der Waals surface area contributed by atoms with Crippen molar-refractivity contribution in [3.05, 3.63) is 130 Å². The molecule has 9 saturated carbocycles. The number of rotatable bonds is 8. The van der Waals surface area contributed by atoms with Gasteiger partial charge in [-0.15, -0.1) is 0 Å². The highest BCUT2D eigenvalue weighted by molar-refractivity contribution is 5.68. The molecule has 0 saturated heterocycles. The average molecular weight is 713 g/mol. The van der Waals surface area contributed by atoms with E-state index in [1.165, 1.54) is 103 Å². The molecule has 9 fully saturated rings. The molecule has 54 heavy (non-hydrogen) atoms. The summed E-state index contributed by atoms with van der Waals surface area (Å²) in [6, 6.07) is 38.5. The lowest BCUT2D eigenvalue weighted by Crippen LogP contribution is -2.91. The third-order valence-corrected chi connectivity index (χ3v) is 18.2. The van der Waals surface area contributed by atoms with Crippen molar-refractivity contribution in [1.29, 1.82) is 0 Å². The molecule has 0 amide bonds. The first-order valence-electron chi connectivity index (χ1n) is 21.8. The Kier molecular flexibility index (Phi) is 6.10. The van der Waals surface area contributed by atoms with Crippen LogP contribution in [0.3, 0.4) is 0 Å². The van der Waals surface area contributed by atoms with E-state index < -0.39 is 5.41 Å². The van der Waals surface area contributed by atoms with Crippen LogP contribution in [0.4, 0.5) is 11.4 Å². The largest absolute Gasteiger partial charge is 0.379 e. The second-order valence-electron chi connectivity index (χ2n) is 22.3. The van der Waals surface area contributed by atoms with Crippen LogP contribution in [0.15, 0.2) is 97.1 Å². The fraction of sp³-hybridized carbons (Fsp3) is 0.538. The minimum Gasteiger partial charge on any atom is -0.379 e. The van der Waals surface area contributed by atoms with Crippen LogP contribution in [0.1, 0.15) is 133 Å². The molecule has 0 heterocycles. The molecule has 0 aliphatic heterocycles. The summed E-state index contributed by atoms with van der Waals surface area (Å²) < 4.78 is 0. The maximum atomic E-state index is 4.46. The molecule has 0 radical (unpaired) electrons. The van der Waals surface area contributed by atoms with Gasteiger partial charge in [0.15, 0.2) is 0 Å². The van der Waals surface area contributed by atoms with Gasteiger partial charge in [-0.05, 0) is 167 Å². The molecule has 13 rings (SSSR count). The van der Waals surface area contributed by atoms with E-state index in [0.29, 0.717) is 16.4 Å². The van der Waals surface area contributed by atoms with Crippen LogP contribution >= 0.6 is 0 Å². The number of hydrogen-bond acceptors (Lipinski definition) is 2. The van der Waals surface area contributed by atoms with Gasteiger partial charge in [0, 0.05) is 27.9 Å². The highest BCUT2D eigenvalue weighted by Crippen LogP contribution is 2.89. The summed E-state index contributed by atoms with van der Waals surface area (Å²) in [6.45, 7) is 14.4. The zero-order chi connectivity index (χ0) is 36.7. The van der Waals surface area contributed by atoms with Gasteiger partial charge in [-0.1, -0.05) is 114 Å². The van der Waals surface area contributed by atoms with E-state index in [-0.39, 0.29) is 16.4 Å². The molecule has 7 atom stereocenters. The molecule has 4 aromatic carbocycles. The first-order chi connectivity index (χ1) is 25.8. The quantitative estimate of drug-likeness (QED) is 0.178. The topological polar surface area (TPSA) is 24.1 Å². The second-order valence-corrected chi connectivity index (χ2v) is 22.3. The summed E-state index contributed by atoms with van der Waals surface area (Å²) in [5.41, 5.74) is 12.2. The molecule has 2 nitrogen and oxygen atoms in total. The summed E-state index contributed by atoms with van der Waals surface area (Å²) in [5.74, 6) is 5.76. The van der Waals surface area contributed by atoms with Gasteiger partial charge in [0.05, 0.1) is 5.41 Å². The lowest BCUT2D eigenvalue weighted by molar-refractivity contribution is -0.379. The minimum absolute atomic E-state index is 0.00132. The van der Waals surface area contributed by atoms with Gasteiger partial charge >= 0.3 is 0 Å². The van der Waals surface area contributed by atoms with Gasteiger partial charge in [-0.25, -0.2) is 0 Å².